The molecular formula is C21H20N4O2S2. The van der Waals surface area contributed by atoms with Gasteiger partial charge in [-0.1, -0.05) is 42.1 Å². The molecule has 4 aromatic rings. The maximum Gasteiger partial charge on any atom is 0.262 e. The van der Waals surface area contributed by atoms with E-state index in [9.17, 15) is 4.79 Å². The van der Waals surface area contributed by atoms with Crippen LogP contribution < -0.4 is 10.9 Å². The SMILES string of the molecule is COCCn1c(SCc2csc(Nc3ccccc3)n2)nc2ccccc2c1=O. The third kappa shape index (κ3) is 4.67. The first-order valence-corrected chi connectivity index (χ1v) is 11.0. The molecule has 0 aliphatic rings. The molecule has 8 heteroatoms. The van der Waals surface area contributed by atoms with Crippen molar-refractivity contribution in [1.82, 2.24) is 14.5 Å². The standard InChI is InChI=1S/C21H20N4O2S2/c1-27-12-11-25-19(26)17-9-5-6-10-18(17)24-21(25)29-14-16-13-28-20(23-16)22-15-7-3-2-4-8-15/h2-10,13H,11-12,14H2,1H3,(H,22,23). The van der Waals surface area contributed by atoms with Gasteiger partial charge >= 0.3 is 0 Å². The van der Waals surface area contributed by atoms with E-state index in [0.29, 0.717) is 35.0 Å². The Morgan fingerprint density at radius 3 is 2.72 bits per heavy atom. The molecule has 2 heterocycles. The van der Waals surface area contributed by atoms with Crippen molar-refractivity contribution in [3.63, 3.8) is 0 Å². The van der Waals surface area contributed by atoms with Crippen molar-refractivity contribution in [2.45, 2.75) is 17.5 Å². The van der Waals surface area contributed by atoms with Crippen LogP contribution in [0, 0.1) is 0 Å². The van der Waals surface area contributed by atoms with Crippen LogP contribution >= 0.6 is 23.1 Å². The van der Waals surface area contributed by atoms with E-state index in [4.69, 9.17) is 9.72 Å². The van der Waals surface area contributed by atoms with E-state index in [2.05, 4.69) is 10.3 Å². The molecule has 0 saturated heterocycles. The second-order valence-electron chi connectivity index (χ2n) is 6.28. The highest BCUT2D eigenvalue weighted by molar-refractivity contribution is 7.98. The Bertz CT molecular complexity index is 1160. The maximum absolute atomic E-state index is 12.9. The number of thiazole rings is 1. The minimum Gasteiger partial charge on any atom is -0.383 e. The van der Waals surface area contributed by atoms with Crippen molar-refractivity contribution in [3.05, 3.63) is 76.0 Å². The van der Waals surface area contributed by atoms with Crippen molar-refractivity contribution in [3.8, 4) is 0 Å². The fourth-order valence-electron chi connectivity index (χ4n) is 2.85. The molecule has 2 aromatic heterocycles. The van der Waals surface area contributed by atoms with E-state index in [1.165, 1.54) is 11.8 Å². The summed E-state index contributed by atoms with van der Waals surface area (Å²) in [7, 11) is 1.63. The van der Waals surface area contributed by atoms with Gasteiger partial charge < -0.3 is 10.1 Å². The van der Waals surface area contributed by atoms with Crippen molar-refractivity contribution >= 4 is 44.8 Å². The summed E-state index contributed by atoms with van der Waals surface area (Å²) >= 11 is 3.07. The second-order valence-corrected chi connectivity index (χ2v) is 8.09. The van der Waals surface area contributed by atoms with Gasteiger partial charge in [-0.05, 0) is 24.3 Å². The quantitative estimate of drug-likeness (QED) is 0.331. The molecule has 6 nitrogen and oxygen atoms in total. The van der Waals surface area contributed by atoms with Gasteiger partial charge in [0.25, 0.3) is 5.56 Å². The van der Waals surface area contributed by atoms with E-state index in [1.807, 2.05) is 60.0 Å². The summed E-state index contributed by atoms with van der Waals surface area (Å²) in [5, 5.41) is 7.47. The summed E-state index contributed by atoms with van der Waals surface area (Å²) in [6, 6.07) is 17.4. The van der Waals surface area contributed by atoms with Crippen molar-refractivity contribution < 1.29 is 4.74 Å². The van der Waals surface area contributed by atoms with Gasteiger partial charge in [0.2, 0.25) is 0 Å². The number of anilines is 2. The van der Waals surface area contributed by atoms with Gasteiger partial charge in [-0.3, -0.25) is 9.36 Å². The summed E-state index contributed by atoms with van der Waals surface area (Å²) in [4.78, 5) is 22.3. The van der Waals surface area contributed by atoms with Gasteiger partial charge in [-0.2, -0.15) is 0 Å². The summed E-state index contributed by atoms with van der Waals surface area (Å²) < 4.78 is 6.86. The predicted octanol–water partition coefficient (Wildman–Crippen LogP) is 4.54. The van der Waals surface area contributed by atoms with Crippen LogP contribution in [0.4, 0.5) is 10.8 Å². The number of benzene rings is 2. The van der Waals surface area contributed by atoms with Crippen molar-refractivity contribution in [1.29, 1.82) is 0 Å². The molecule has 148 valence electrons. The lowest BCUT2D eigenvalue weighted by Crippen LogP contribution is -2.25. The lowest BCUT2D eigenvalue weighted by atomic mass is 10.2. The molecule has 1 N–H and O–H groups in total. The maximum atomic E-state index is 12.9. The number of nitrogens with one attached hydrogen (secondary N) is 1. The third-order valence-corrected chi connectivity index (χ3v) is 6.09. The molecular weight excluding hydrogens is 404 g/mol. The molecule has 0 saturated carbocycles. The molecule has 0 bridgehead atoms. The largest absolute Gasteiger partial charge is 0.383 e. The minimum absolute atomic E-state index is 0.0418. The lowest BCUT2D eigenvalue weighted by Gasteiger charge is -2.12. The number of hydrogen-bond acceptors (Lipinski definition) is 7. The van der Waals surface area contributed by atoms with Crippen LogP contribution in [0.1, 0.15) is 5.69 Å². The molecule has 0 fully saturated rings. The van der Waals surface area contributed by atoms with Crippen LogP contribution in [0.2, 0.25) is 0 Å². The molecule has 0 radical (unpaired) electrons. The molecule has 0 amide bonds. The van der Waals surface area contributed by atoms with Crippen LogP contribution in [0.5, 0.6) is 0 Å². The van der Waals surface area contributed by atoms with Crippen LogP contribution in [0.25, 0.3) is 10.9 Å². The Labute approximate surface area is 176 Å². The van der Waals surface area contributed by atoms with E-state index >= 15 is 0 Å². The fourth-order valence-corrected chi connectivity index (χ4v) is 4.61. The van der Waals surface area contributed by atoms with E-state index in [1.54, 1.807) is 23.0 Å². The first-order valence-electron chi connectivity index (χ1n) is 9.12. The lowest BCUT2D eigenvalue weighted by molar-refractivity contribution is 0.183. The fraction of sp³-hybridized carbons (Fsp3) is 0.190. The highest BCUT2D eigenvalue weighted by Gasteiger charge is 2.12. The minimum atomic E-state index is -0.0418. The third-order valence-electron chi connectivity index (χ3n) is 4.27. The molecule has 0 atom stereocenters. The van der Waals surface area contributed by atoms with Gasteiger partial charge in [-0.15, -0.1) is 11.3 Å². The zero-order valence-corrected chi connectivity index (χ0v) is 17.5. The zero-order valence-electron chi connectivity index (χ0n) is 15.9. The predicted molar refractivity (Wildman–Crippen MR) is 119 cm³/mol. The zero-order chi connectivity index (χ0) is 20.1. The second kappa shape index (κ2) is 9.21. The molecule has 0 aliphatic carbocycles. The number of ether oxygens (including phenoxy) is 1. The van der Waals surface area contributed by atoms with Gasteiger partial charge in [-0.25, -0.2) is 9.97 Å². The molecule has 0 unspecified atom stereocenters. The monoisotopic (exact) mass is 424 g/mol. The van der Waals surface area contributed by atoms with Gasteiger partial charge in [0.15, 0.2) is 10.3 Å². The summed E-state index contributed by atoms with van der Waals surface area (Å²) in [5.74, 6) is 0.630. The van der Waals surface area contributed by atoms with Gasteiger partial charge in [0.1, 0.15) is 0 Å². The van der Waals surface area contributed by atoms with Crippen LogP contribution in [-0.2, 0) is 17.0 Å². The van der Waals surface area contributed by atoms with E-state index in [0.717, 1.165) is 16.5 Å². The Kier molecular flexibility index (Phi) is 6.24. The number of thioether (sulfide) groups is 1. The van der Waals surface area contributed by atoms with Crippen molar-refractivity contribution in [2.75, 3.05) is 19.0 Å². The number of aromatic nitrogens is 3. The van der Waals surface area contributed by atoms with E-state index < -0.39 is 0 Å². The summed E-state index contributed by atoms with van der Waals surface area (Å²) in [5.41, 5.74) is 2.61. The Balaban J connectivity index is 1.54. The number of rotatable bonds is 8. The topological polar surface area (TPSA) is 69.0 Å². The first kappa shape index (κ1) is 19.6. The number of para-hydroxylation sites is 2. The molecule has 29 heavy (non-hydrogen) atoms. The van der Waals surface area contributed by atoms with Crippen LogP contribution in [-0.4, -0.2) is 28.3 Å². The molecule has 4 rings (SSSR count). The van der Waals surface area contributed by atoms with Gasteiger partial charge in [0, 0.05) is 23.9 Å². The highest BCUT2D eigenvalue weighted by atomic mass is 32.2. The highest BCUT2D eigenvalue weighted by Crippen LogP contribution is 2.26. The van der Waals surface area contributed by atoms with Crippen molar-refractivity contribution in [2.24, 2.45) is 0 Å². The molecule has 0 aliphatic heterocycles. The number of methoxy groups -OCH3 is 1. The average molecular weight is 425 g/mol. The Morgan fingerprint density at radius 2 is 1.90 bits per heavy atom. The summed E-state index contributed by atoms with van der Waals surface area (Å²) in [6.07, 6.45) is 0. The average Bonchev–Trinajstić information content (AvgIpc) is 3.20. The van der Waals surface area contributed by atoms with Gasteiger partial charge in [0.05, 0.1) is 29.7 Å². The number of fused-ring (bicyclic) bond motifs is 1. The summed E-state index contributed by atoms with van der Waals surface area (Å²) in [6.45, 7) is 0.919. The number of nitrogens with zero attached hydrogens (tertiary/aromatic N) is 3. The first-order chi connectivity index (χ1) is 14.2. The molecule has 2 aromatic carbocycles. The Hall–Kier alpha value is -2.68. The van der Waals surface area contributed by atoms with Crippen LogP contribution in [0.15, 0.2) is 69.9 Å². The normalized spacial score (nSPS) is 11.1. The van der Waals surface area contributed by atoms with Crippen LogP contribution in [0.3, 0.4) is 0 Å². The molecule has 0 spiro atoms. The smallest absolute Gasteiger partial charge is 0.262 e. The number of hydrogen-bond donors (Lipinski definition) is 1. The Morgan fingerprint density at radius 1 is 1.10 bits per heavy atom. The van der Waals surface area contributed by atoms with E-state index in [-0.39, 0.29) is 5.56 Å².